The Bertz CT molecular complexity index is 1100. The van der Waals surface area contributed by atoms with E-state index in [0.29, 0.717) is 34.7 Å². The van der Waals surface area contributed by atoms with Crippen LogP contribution in [0.4, 0.5) is 5.69 Å². The van der Waals surface area contributed by atoms with E-state index in [9.17, 15) is 9.59 Å². The van der Waals surface area contributed by atoms with Crippen molar-refractivity contribution in [1.29, 1.82) is 0 Å². The van der Waals surface area contributed by atoms with Gasteiger partial charge in [-0.15, -0.1) is 0 Å². The average molecular weight is 402 g/mol. The highest BCUT2D eigenvalue weighted by atomic mass is 16.7. The first-order chi connectivity index (χ1) is 14.6. The number of anilines is 1. The molecule has 0 bridgehead atoms. The molecular weight excluding hydrogens is 380 g/mol. The second kappa shape index (κ2) is 8.29. The van der Waals surface area contributed by atoms with Crippen molar-refractivity contribution in [2.24, 2.45) is 5.73 Å². The van der Waals surface area contributed by atoms with Crippen molar-refractivity contribution in [3.63, 3.8) is 0 Å². The van der Waals surface area contributed by atoms with Gasteiger partial charge in [0.15, 0.2) is 11.5 Å². The molecule has 0 saturated carbocycles. The van der Waals surface area contributed by atoms with E-state index in [1.165, 1.54) is 0 Å². The third kappa shape index (κ3) is 3.85. The van der Waals surface area contributed by atoms with E-state index < -0.39 is 5.91 Å². The summed E-state index contributed by atoms with van der Waals surface area (Å²) in [7, 11) is 0. The second-order valence-electron chi connectivity index (χ2n) is 7.05. The Hall–Kier alpha value is -3.80. The number of carbonyl (C=O) groups excluding carboxylic acids is 2. The Kier molecular flexibility index (Phi) is 5.39. The number of carbonyl (C=O) groups is 2. The Labute approximate surface area is 174 Å². The molecule has 0 fully saturated rings. The van der Waals surface area contributed by atoms with Crippen LogP contribution < -0.4 is 20.5 Å². The quantitative estimate of drug-likeness (QED) is 0.643. The molecule has 1 unspecified atom stereocenters. The SMILES string of the molecule is CCC(C(=O)Nc1ccc(-c2ccc3c(c2)OCO3)c(C(N)=O)c1)c1ccccc1. The summed E-state index contributed by atoms with van der Waals surface area (Å²) in [6.07, 6.45) is 0.661. The summed E-state index contributed by atoms with van der Waals surface area (Å²) in [6.45, 7) is 2.14. The second-order valence-corrected chi connectivity index (χ2v) is 7.05. The zero-order valence-corrected chi connectivity index (χ0v) is 16.6. The summed E-state index contributed by atoms with van der Waals surface area (Å²) in [6, 6.07) is 20.2. The highest BCUT2D eigenvalue weighted by Crippen LogP contribution is 2.37. The number of ether oxygens (including phenoxy) is 2. The summed E-state index contributed by atoms with van der Waals surface area (Å²) in [5.74, 6) is 0.296. The molecule has 1 atom stereocenters. The van der Waals surface area contributed by atoms with Crippen LogP contribution >= 0.6 is 0 Å². The van der Waals surface area contributed by atoms with Gasteiger partial charge < -0.3 is 20.5 Å². The fraction of sp³-hybridized carbons (Fsp3) is 0.167. The van der Waals surface area contributed by atoms with Crippen molar-refractivity contribution >= 4 is 17.5 Å². The number of benzene rings is 3. The monoisotopic (exact) mass is 402 g/mol. The number of rotatable bonds is 6. The van der Waals surface area contributed by atoms with Crippen LogP contribution in [0, 0.1) is 0 Å². The molecule has 0 aromatic heterocycles. The number of fused-ring (bicyclic) bond motifs is 1. The van der Waals surface area contributed by atoms with Crippen molar-refractivity contribution in [3.8, 4) is 22.6 Å². The Morgan fingerprint density at radius 1 is 1.00 bits per heavy atom. The predicted octanol–water partition coefficient (Wildman–Crippen LogP) is 4.31. The van der Waals surface area contributed by atoms with Crippen LogP contribution in [0.25, 0.3) is 11.1 Å². The van der Waals surface area contributed by atoms with E-state index in [-0.39, 0.29) is 18.6 Å². The summed E-state index contributed by atoms with van der Waals surface area (Å²) >= 11 is 0. The molecule has 3 N–H and O–H groups in total. The molecule has 0 spiro atoms. The zero-order valence-electron chi connectivity index (χ0n) is 16.6. The highest BCUT2D eigenvalue weighted by Gasteiger charge is 2.20. The topological polar surface area (TPSA) is 90.7 Å². The largest absolute Gasteiger partial charge is 0.454 e. The van der Waals surface area contributed by atoms with Crippen LogP contribution in [-0.2, 0) is 4.79 Å². The van der Waals surface area contributed by atoms with Crippen molar-refractivity contribution in [3.05, 3.63) is 77.9 Å². The number of primary amides is 1. The minimum Gasteiger partial charge on any atom is -0.454 e. The van der Waals surface area contributed by atoms with E-state index in [4.69, 9.17) is 15.2 Å². The van der Waals surface area contributed by atoms with E-state index in [0.717, 1.165) is 11.1 Å². The number of hydrogen-bond donors (Lipinski definition) is 2. The van der Waals surface area contributed by atoms with Gasteiger partial charge in [-0.25, -0.2) is 0 Å². The maximum absolute atomic E-state index is 12.9. The number of nitrogens with one attached hydrogen (secondary N) is 1. The molecule has 3 aromatic carbocycles. The highest BCUT2D eigenvalue weighted by molar-refractivity contribution is 6.03. The molecule has 0 saturated heterocycles. The predicted molar refractivity (Wildman–Crippen MR) is 115 cm³/mol. The van der Waals surface area contributed by atoms with Gasteiger partial charge in [-0.1, -0.05) is 49.4 Å². The molecule has 3 aromatic rings. The van der Waals surface area contributed by atoms with Gasteiger partial charge in [0.1, 0.15) is 0 Å². The van der Waals surface area contributed by atoms with Crippen LogP contribution in [0.2, 0.25) is 0 Å². The van der Waals surface area contributed by atoms with E-state index in [1.54, 1.807) is 24.3 Å². The molecule has 1 heterocycles. The smallest absolute Gasteiger partial charge is 0.249 e. The van der Waals surface area contributed by atoms with Gasteiger partial charge in [0.25, 0.3) is 0 Å². The number of hydrogen-bond acceptors (Lipinski definition) is 4. The molecule has 0 aliphatic carbocycles. The fourth-order valence-electron chi connectivity index (χ4n) is 3.63. The van der Waals surface area contributed by atoms with Crippen molar-refractivity contribution < 1.29 is 19.1 Å². The lowest BCUT2D eigenvalue weighted by Crippen LogP contribution is -2.21. The molecule has 1 aliphatic rings. The lowest BCUT2D eigenvalue weighted by atomic mass is 9.95. The summed E-state index contributed by atoms with van der Waals surface area (Å²) < 4.78 is 10.8. The number of nitrogens with two attached hydrogens (primary N) is 1. The lowest BCUT2D eigenvalue weighted by Gasteiger charge is -2.16. The van der Waals surface area contributed by atoms with Crippen LogP contribution in [0.3, 0.4) is 0 Å². The molecule has 6 nitrogen and oxygen atoms in total. The summed E-state index contributed by atoms with van der Waals surface area (Å²) in [4.78, 5) is 25.0. The van der Waals surface area contributed by atoms with Gasteiger partial charge in [0, 0.05) is 11.3 Å². The van der Waals surface area contributed by atoms with Crippen LogP contribution in [0.1, 0.15) is 35.2 Å². The molecule has 2 amide bonds. The normalized spacial score (nSPS) is 13.0. The van der Waals surface area contributed by atoms with Gasteiger partial charge in [0.05, 0.1) is 5.92 Å². The zero-order chi connectivity index (χ0) is 21.1. The minimum absolute atomic E-state index is 0.130. The summed E-state index contributed by atoms with van der Waals surface area (Å²) in [5, 5.41) is 2.92. The maximum Gasteiger partial charge on any atom is 0.249 e. The van der Waals surface area contributed by atoms with Crippen molar-refractivity contribution in [1.82, 2.24) is 0 Å². The fourth-order valence-corrected chi connectivity index (χ4v) is 3.63. The van der Waals surface area contributed by atoms with Gasteiger partial charge in [0.2, 0.25) is 18.6 Å². The van der Waals surface area contributed by atoms with Gasteiger partial charge in [-0.3, -0.25) is 9.59 Å². The maximum atomic E-state index is 12.9. The Morgan fingerprint density at radius 2 is 1.77 bits per heavy atom. The molecule has 1 aliphatic heterocycles. The summed E-state index contributed by atoms with van der Waals surface area (Å²) in [5.41, 5.74) is 8.86. The molecular formula is C24H22N2O4. The third-order valence-electron chi connectivity index (χ3n) is 5.16. The van der Waals surface area contributed by atoms with Crippen LogP contribution in [-0.4, -0.2) is 18.6 Å². The standard InChI is InChI=1S/C24H22N2O4/c1-2-18(15-6-4-3-5-7-15)24(28)26-17-9-10-19(20(13-17)23(25)27)16-8-11-21-22(12-16)30-14-29-21/h3-13,18H,2,14H2,1H3,(H2,25,27)(H,26,28). The first-order valence-electron chi connectivity index (χ1n) is 9.76. The Morgan fingerprint density at radius 3 is 2.50 bits per heavy atom. The van der Waals surface area contributed by atoms with E-state index >= 15 is 0 Å². The molecule has 152 valence electrons. The molecule has 30 heavy (non-hydrogen) atoms. The number of amides is 2. The first kappa shape index (κ1) is 19.5. The third-order valence-corrected chi connectivity index (χ3v) is 5.16. The van der Waals surface area contributed by atoms with Crippen molar-refractivity contribution in [2.75, 3.05) is 12.1 Å². The molecule has 0 radical (unpaired) electrons. The first-order valence-corrected chi connectivity index (χ1v) is 9.76. The molecule has 6 heteroatoms. The van der Waals surface area contributed by atoms with Gasteiger partial charge >= 0.3 is 0 Å². The Balaban J connectivity index is 1.62. The van der Waals surface area contributed by atoms with E-state index in [2.05, 4.69) is 5.32 Å². The van der Waals surface area contributed by atoms with Gasteiger partial charge in [-0.2, -0.15) is 0 Å². The van der Waals surface area contributed by atoms with Crippen LogP contribution in [0.5, 0.6) is 11.5 Å². The van der Waals surface area contributed by atoms with Gasteiger partial charge in [-0.05, 0) is 47.4 Å². The van der Waals surface area contributed by atoms with Crippen LogP contribution in [0.15, 0.2) is 66.7 Å². The van der Waals surface area contributed by atoms with Crippen molar-refractivity contribution in [2.45, 2.75) is 19.3 Å². The van der Waals surface area contributed by atoms with E-state index in [1.807, 2.05) is 49.4 Å². The molecule has 4 rings (SSSR count). The minimum atomic E-state index is -0.575. The average Bonchev–Trinajstić information content (AvgIpc) is 3.23. The lowest BCUT2D eigenvalue weighted by molar-refractivity contribution is -0.117.